The molecule has 0 bridgehead atoms. The van der Waals surface area contributed by atoms with Crippen molar-refractivity contribution >= 4 is 35.6 Å². The van der Waals surface area contributed by atoms with Crippen LogP contribution in [0.15, 0.2) is 12.1 Å². The molecule has 5 nitrogen and oxygen atoms in total. The molecule has 0 unspecified atom stereocenters. The van der Waals surface area contributed by atoms with Gasteiger partial charge in [0.2, 0.25) is 0 Å². The fourth-order valence-corrected chi connectivity index (χ4v) is 2.68. The second kappa shape index (κ2) is 6.17. The maximum Gasteiger partial charge on any atom is 0.264 e. The van der Waals surface area contributed by atoms with E-state index in [-0.39, 0.29) is 24.4 Å². The third-order valence-corrected chi connectivity index (χ3v) is 3.91. The van der Waals surface area contributed by atoms with Crippen LogP contribution in [0.1, 0.15) is 26.3 Å². The van der Waals surface area contributed by atoms with Crippen molar-refractivity contribution in [2.24, 2.45) is 5.73 Å². The average molecular weight is 290 g/mol. The first kappa shape index (κ1) is 14.9. The minimum atomic E-state index is -0.484. The Morgan fingerprint density at radius 2 is 2.11 bits per heavy atom. The van der Waals surface area contributed by atoms with Crippen LogP contribution in [0.2, 0.25) is 0 Å². The number of halogens is 1. The van der Waals surface area contributed by atoms with Gasteiger partial charge in [-0.25, -0.2) is 0 Å². The standard InChI is InChI=1S/C11H15N3O2S.ClH/c1-7-6-13-4-5-14(7)11(16)9-3-2-8(17-9)10(12)15;/h2-3,7,13H,4-6H2,1H3,(H2,12,15);1H/t7-;/m0./s1. The Labute approximate surface area is 116 Å². The third kappa shape index (κ3) is 3.01. The van der Waals surface area contributed by atoms with E-state index in [4.69, 9.17) is 5.73 Å². The van der Waals surface area contributed by atoms with Gasteiger partial charge >= 0.3 is 0 Å². The zero-order chi connectivity index (χ0) is 12.4. The van der Waals surface area contributed by atoms with E-state index >= 15 is 0 Å². The molecular formula is C11H16ClN3O2S. The molecule has 7 heteroatoms. The first-order chi connectivity index (χ1) is 8.09. The van der Waals surface area contributed by atoms with Crippen LogP contribution in [0.5, 0.6) is 0 Å². The molecule has 3 N–H and O–H groups in total. The lowest BCUT2D eigenvalue weighted by molar-refractivity contribution is 0.0660. The highest BCUT2D eigenvalue weighted by Crippen LogP contribution is 2.19. The van der Waals surface area contributed by atoms with Gasteiger partial charge in [-0.3, -0.25) is 9.59 Å². The Hall–Kier alpha value is -1.11. The van der Waals surface area contributed by atoms with Crippen LogP contribution in [0, 0.1) is 0 Å². The molecule has 0 radical (unpaired) electrons. The second-order valence-electron chi connectivity index (χ2n) is 4.08. The van der Waals surface area contributed by atoms with Crippen LogP contribution >= 0.6 is 23.7 Å². The van der Waals surface area contributed by atoms with Crippen molar-refractivity contribution in [3.05, 3.63) is 21.9 Å². The zero-order valence-corrected chi connectivity index (χ0v) is 11.6. The molecule has 1 atom stereocenters. The largest absolute Gasteiger partial charge is 0.365 e. The molecule has 2 heterocycles. The summed E-state index contributed by atoms with van der Waals surface area (Å²) in [5.74, 6) is -0.501. The van der Waals surface area contributed by atoms with Gasteiger partial charge in [-0.15, -0.1) is 23.7 Å². The van der Waals surface area contributed by atoms with E-state index in [1.807, 2.05) is 11.8 Å². The van der Waals surface area contributed by atoms with Crippen molar-refractivity contribution in [1.29, 1.82) is 0 Å². The van der Waals surface area contributed by atoms with Gasteiger partial charge < -0.3 is 16.0 Å². The molecule has 0 aliphatic carbocycles. The van der Waals surface area contributed by atoms with Crippen LogP contribution in [0.3, 0.4) is 0 Å². The van der Waals surface area contributed by atoms with Gasteiger partial charge in [0.25, 0.3) is 11.8 Å². The number of nitrogens with one attached hydrogen (secondary N) is 1. The van der Waals surface area contributed by atoms with Gasteiger partial charge in [-0.1, -0.05) is 0 Å². The quantitative estimate of drug-likeness (QED) is 0.842. The van der Waals surface area contributed by atoms with E-state index in [1.54, 1.807) is 12.1 Å². The summed E-state index contributed by atoms with van der Waals surface area (Å²) in [5, 5.41) is 3.23. The van der Waals surface area contributed by atoms with Crippen LogP contribution in [-0.4, -0.2) is 42.4 Å². The number of carbonyl (C=O) groups excluding carboxylic acids is 2. The van der Waals surface area contributed by atoms with Gasteiger partial charge in [0.05, 0.1) is 9.75 Å². The smallest absolute Gasteiger partial charge is 0.264 e. The summed E-state index contributed by atoms with van der Waals surface area (Å²) in [7, 11) is 0. The van der Waals surface area contributed by atoms with Gasteiger partial charge in [0.15, 0.2) is 0 Å². The molecule has 18 heavy (non-hydrogen) atoms. The second-order valence-corrected chi connectivity index (χ2v) is 5.16. The molecule has 1 fully saturated rings. The molecule has 2 rings (SSSR count). The maximum absolute atomic E-state index is 12.2. The number of nitrogens with zero attached hydrogens (tertiary/aromatic N) is 1. The van der Waals surface area contributed by atoms with Crippen LogP contribution in [-0.2, 0) is 0 Å². The molecular weight excluding hydrogens is 274 g/mol. The molecule has 0 aromatic carbocycles. The van der Waals surface area contributed by atoms with E-state index in [0.717, 1.165) is 24.4 Å². The maximum atomic E-state index is 12.2. The number of amides is 2. The van der Waals surface area contributed by atoms with E-state index in [1.165, 1.54) is 0 Å². The van der Waals surface area contributed by atoms with E-state index in [2.05, 4.69) is 5.32 Å². The number of hydrogen-bond donors (Lipinski definition) is 2. The monoisotopic (exact) mass is 289 g/mol. The van der Waals surface area contributed by atoms with E-state index < -0.39 is 5.91 Å². The number of hydrogen-bond acceptors (Lipinski definition) is 4. The normalized spacial score (nSPS) is 19.2. The first-order valence-electron chi connectivity index (χ1n) is 5.51. The summed E-state index contributed by atoms with van der Waals surface area (Å²) < 4.78 is 0. The lowest BCUT2D eigenvalue weighted by Crippen LogP contribution is -2.52. The number of carbonyl (C=O) groups is 2. The molecule has 0 saturated carbocycles. The van der Waals surface area contributed by atoms with Gasteiger partial charge in [0, 0.05) is 25.7 Å². The zero-order valence-electron chi connectivity index (χ0n) is 10.0. The molecule has 100 valence electrons. The Morgan fingerprint density at radius 3 is 2.67 bits per heavy atom. The van der Waals surface area contributed by atoms with Crippen molar-refractivity contribution in [2.45, 2.75) is 13.0 Å². The fraction of sp³-hybridized carbons (Fsp3) is 0.455. The Balaban J connectivity index is 0.00000162. The lowest BCUT2D eigenvalue weighted by atomic mass is 10.2. The molecule has 2 amide bonds. The molecule has 1 aliphatic rings. The highest BCUT2D eigenvalue weighted by atomic mass is 35.5. The third-order valence-electron chi connectivity index (χ3n) is 2.82. The van der Waals surface area contributed by atoms with Crippen LogP contribution in [0.4, 0.5) is 0 Å². The van der Waals surface area contributed by atoms with Crippen molar-refractivity contribution in [2.75, 3.05) is 19.6 Å². The van der Waals surface area contributed by atoms with Crippen LogP contribution in [0.25, 0.3) is 0 Å². The number of nitrogens with two attached hydrogens (primary N) is 1. The Kier molecular flexibility index (Phi) is 5.13. The number of rotatable bonds is 2. The van der Waals surface area contributed by atoms with Crippen molar-refractivity contribution in [3.63, 3.8) is 0 Å². The van der Waals surface area contributed by atoms with Crippen molar-refractivity contribution in [1.82, 2.24) is 10.2 Å². The van der Waals surface area contributed by atoms with Gasteiger partial charge in [0.1, 0.15) is 0 Å². The Bertz CT molecular complexity index is 449. The SMILES string of the molecule is C[C@H]1CNCCN1C(=O)c1ccc(C(N)=O)s1.Cl. The summed E-state index contributed by atoms with van der Waals surface area (Å²) in [6.07, 6.45) is 0. The van der Waals surface area contributed by atoms with Crippen LogP contribution < -0.4 is 11.1 Å². The highest BCUT2D eigenvalue weighted by molar-refractivity contribution is 7.15. The van der Waals surface area contributed by atoms with Crippen molar-refractivity contribution in [3.8, 4) is 0 Å². The fourth-order valence-electron chi connectivity index (χ4n) is 1.87. The predicted molar refractivity (Wildman–Crippen MR) is 73.5 cm³/mol. The molecule has 1 aromatic heterocycles. The number of thiophene rings is 1. The summed E-state index contributed by atoms with van der Waals surface area (Å²) in [5.41, 5.74) is 5.17. The van der Waals surface area contributed by atoms with E-state index in [0.29, 0.717) is 16.3 Å². The summed E-state index contributed by atoms with van der Waals surface area (Å²) >= 11 is 1.16. The molecule has 1 aromatic rings. The Morgan fingerprint density at radius 1 is 1.44 bits per heavy atom. The first-order valence-corrected chi connectivity index (χ1v) is 6.32. The number of primary amides is 1. The summed E-state index contributed by atoms with van der Waals surface area (Å²) in [6.45, 7) is 4.32. The predicted octanol–water partition coefficient (Wildman–Crippen LogP) is 0.703. The summed E-state index contributed by atoms with van der Waals surface area (Å²) in [4.78, 5) is 26.0. The molecule has 1 aliphatic heterocycles. The van der Waals surface area contributed by atoms with Gasteiger partial charge in [-0.2, -0.15) is 0 Å². The lowest BCUT2D eigenvalue weighted by Gasteiger charge is -2.33. The summed E-state index contributed by atoms with van der Waals surface area (Å²) in [6, 6.07) is 3.45. The average Bonchev–Trinajstić information content (AvgIpc) is 2.78. The molecule has 0 spiro atoms. The topological polar surface area (TPSA) is 75.4 Å². The van der Waals surface area contributed by atoms with Gasteiger partial charge in [-0.05, 0) is 19.1 Å². The highest BCUT2D eigenvalue weighted by Gasteiger charge is 2.25. The van der Waals surface area contributed by atoms with Crippen molar-refractivity contribution < 1.29 is 9.59 Å². The minimum absolute atomic E-state index is 0. The minimum Gasteiger partial charge on any atom is -0.365 e. The van der Waals surface area contributed by atoms with E-state index in [9.17, 15) is 9.59 Å². The number of piperazine rings is 1. The molecule has 1 saturated heterocycles.